The molecule has 0 radical (unpaired) electrons. The van der Waals surface area contributed by atoms with Gasteiger partial charge in [0.2, 0.25) is 0 Å². The molecule has 0 unspecified atom stereocenters. The monoisotopic (exact) mass is 265 g/mol. The summed E-state index contributed by atoms with van der Waals surface area (Å²) in [7, 11) is 0. The van der Waals surface area contributed by atoms with Gasteiger partial charge in [-0.3, -0.25) is 0 Å². The Hall–Kier alpha value is -0.470. The molecule has 0 aliphatic heterocycles. The standard InChI is InChI=1S/C16H27NS/c1-14(2)7-6-10-17-11-12-18-13-16-9-5-4-8-15(16)3/h4-5,8-9,14,17H,6-7,10-13H2,1-3H3. The average Bonchev–Trinajstić information content (AvgIpc) is 2.34. The number of thioether (sulfide) groups is 1. The largest absolute Gasteiger partial charge is 0.316 e. The van der Waals surface area contributed by atoms with E-state index in [1.807, 2.05) is 11.8 Å². The van der Waals surface area contributed by atoms with Crippen molar-refractivity contribution in [2.75, 3.05) is 18.8 Å². The Morgan fingerprint density at radius 2 is 1.94 bits per heavy atom. The third kappa shape index (κ3) is 7.07. The van der Waals surface area contributed by atoms with E-state index in [0.717, 1.165) is 18.2 Å². The summed E-state index contributed by atoms with van der Waals surface area (Å²) in [5.41, 5.74) is 2.89. The van der Waals surface area contributed by atoms with Crippen LogP contribution in [0.25, 0.3) is 0 Å². The Balaban J connectivity index is 1.98. The molecule has 102 valence electrons. The molecule has 0 aliphatic rings. The molecule has 0 fully saturated rings. The van der Waals surface area contributed by atoms with E-state index in [0.29, 0.717) is 0 Å². The van der Waals surface area contributed by atoms with Crippen LogP contribution in [-0.4, -0.2) is 18.8 Å². The number of benzene rings is 1. The van der Waals surface area contributed by atoms with Crippen LogP contribution >= 0.6 is 11.8 Å². The minimum absolute atomic E-state index is 0.835. The number of aryl methyl sites for hydroxylation is 1. The van der Waals surface area contributed by atoms with E-state index in [-0.39, 0.29) is 0 Å². The van der Waals surface area contributed by atoms with Gasteiger partial charge in [-0.1, -0.05) is 38.1 Å². The molecule has 0 aromatic heterocycles. The molecule has 0 saturated carbocycles. The molecule has 0 spiro atoms. The van der Waals surface area contributed by atoms with Gasteiger partial charge < -0.3 is 5.32 Å². The summed E-state index contributed by atoms with van der Waals surface area (Å²) in [6, 6.07) is 8.67. The van der Waals surface area contributed by atoms with Crippen molar-refractivity contribution in [3.05, 3.63) is 35.4 Å². The lowest BCUT2D eigenvalue weighted by Gasteiger charge is -2.07. The van der Waals surface area contributed by atoms with E-state index < -0.39 is 0 Å². The molecular weight excluding hydrogens is 238 g/mol. The van der Waals surface area contributed by atoms with Gasteiger partial charge in [-0.15, -0.1) is 0 Å². The summed E-state index contributed by atoms with van der Waals surface area (Å²) in [5.74, 6) is 3.18. The minimum Gasteiger partial charge on any atom is -0.316 e. The van der Waals surface area contributed by atoms with E-state index in [2.05, 4.69) is 50.4 Å². The zero-order chi connectivity index (χ0) is 13.2. The van der Waals surface area contributed by atoms with Crippen LogP contribution in [-0.2, 0) is 5.75 Å². The summed E-state index contributed by atoms with van der Waals surface area (Å²) in [6.07, 6.45) is 2.64. The highest BCUT2D eigenvalue weighted by Gasteiger charge is 1.97. The van der Waals surface area contributed by atoms with Crippen molar-refractivity contribution in [3.63, 3.8) is 0 Å². The van der Waals surface area contributed by atoms with Crippen LogP contribution in [0, 0.1) is 12.8 Å². The van der Waals surface area contributed by atoms with Crippen molar-refractivity contribution >= 4 is 11.8 Å². The maximum atomic E-state index is 3.52. The summed E-state index contributed by atoms with van der Waals surface area (Å²) < 4.78 is 0. The number of nitrogens with one attached hydrogen (secondary N) is 1. The van der Waals surface area contributed by atoms with Gasteiger partial charge in [0.25, 0.3) is 0 Å². The summed E-state index contributed by atoms with van der Waals surface area (Å²) in [4.78, 5) is 0. The van der Waals surface area contributed by atoms with E-state index in [1.54, 1.807) is 0 Å². The van der Waals surface area contributed by atoms with Gasteiger partial charge in [-0.05, 0) is 43.4 Å². The van der Waals surface area contributed by atoms with Gasteiger partial charge in [0.15, 0.2) is 0 Å². The summed E-state index contributed by atoms with van der Waals surface area (Å²) in [5, 5.41) is 3.52. The molecule has 0 heterocycles. The first-order chi connectivity index (χ1) is 8.70. The van der Waals surface area contributed by atoms with Crippen molar-refractivity contribution in [2.45, 2.75) is 39.4 Å². The molecule has 1 nitrogen and oxygen atoms in total. The third-order valence-corrected chi connectivity index (χ3v) is 4.08. The van der Waals surface area contributed by atoms with E-state index in [1.165, 1.54) is 36.3 Å². The Morgan fingerprint density at radius 3 is 2.67 bits per heavy atom. The molecular formula is C16H27NS. The van der Waals surface area contributed by atoms with E-state index in [4.69, 9.17) is 0 Å². The smallest absolute Gasteiger partial charge is 0.0187 e. The highest BCUT2D eigenvalue weighted by atomic mass is 32.2. The van der Waals surface area contributed by atoms with Gasteiger partial charge in [0, 0.05) is 18.1 Å². The maximum absolute atomic E-state index is 3.52. The normalized spacial score (nSPS) is 11.1. The van der Waals surface area contributed by atoms with Gasteiger partial charge in [0.1, 0.15) is 0 Å². The van der Waals surface area contributed by atoms with Crippen LogP contribution in [0.3, 0.4) is 0 Å². The van der Waals surface area contributed by atoms with Crippen molar-refractivity contribution in [1.29, 1.82) is 0 Å². The van der Waals surface area contributed by atoms with Crippen LogP contribution < -0.4 is 5.32 Å². The molecule has 0 atom stereocenters. The van der Waals surface area contributed by atoms with Crippen LogP contribution in [0.2, 0.25) is 0 Å². The summed E-state index contributed by atoms with van der Waals surface area (Å²) >= 11 is 2.02. The molecule has 1 aromatic rings. The number of hydrogen-bond donors (Lipinski definition) is 1. The first-order valence-electron chi connectivity index (χ1n) is 7.03. The van der Waals surface area contributed by atoms with Gasteiger partial charge in [-0.2, -0.15) is 11.8 Å². The second-order valence-corrected chi connectivity index (χ2v) is 6.37. The average molecular weight is 265 g/mol. The van der Waals surface area contributed by atoms with Crippen LogP contribution in [0.1, 0.15) is 37.8 Å². The van der Waals surface area contributed by atoms with E-state index in [9.17, 15) is 0 Å². The first kappa shape index (κ1) is 15.6. The highest BCUT2D eigenvalue weighted by Crippen LogP contribution is 2.15. The molecule has 0 bridgehead atoms. The lowest BCUT2D eigenvalue weighted by atomic mass is 10.1. The molecule has 0 saturated heterocycles. The highest BCUT2D eigenvalue weighted by molar-refractivity contribution is 7.98. The fourth-order valence-corrected chi connectivity index (χ4v) is 2.84. The zero-order valence-electron chi connectivity index (χ0n) is 12.0. The molecule has 1 aromatic carbocycles. The van der Waals surface area contributed by atoms with E-state index >= 15 is 0 Å². The van der Waals surface area contributed by atoms with Gasteiger partial charge in [-0.25, -0.2) is 0 Å². The molecule has 1 N–H and O–H groups in total. The SMILES string of the molecule is Cc1ccccc1CSCCNCCCC(C)C. The maximum Gasteiger partial charge on any atom is 0.0187 e. The molecule has 0 amide bonds. The topological polar surface area (TPSA) is 12.0 Å². The van der Waals surface area contributed by atoms with Gasteiger partial charge in [0.05, 0.1) is 0 Å². The van der Waals surface area contributed by atoms with Crippen molar-refractivity contribution < 1.29 is 0 Å². The predicted octanol–water partition coefficient (Wildman–Crippen LogP) is 4.25. The van der Waals surface area contributed by atoms with Crippen LogP contribution in [0.15, 0.2) is 24.3 Å². The second kappa shape index (κ2) is 9.46. The zero-order valence-corrected chi connectivity index (χ0v) is 12.9. The first-order valence-corrected chi connectivity index (χ1v) is 8.18. The Kier molecular flexibility index (Phi) is 8.19. The fourth-order valence-electron chi connectivity index (χ4n) is 1.86. The van der Waals surface area contributed by atoms with Gasteiger partial charge >= 0.3 is 0 Å². The lowest BCUT2D eigenvalue weighted by Crippen LogP contribution is -2.18. The Morgan fingerprint density at radius 1 is 1.17 bits per heavy atom. The lowest BCUT2D eigenvalue weighted by molar-refractivity contribution is 0.534. The quantitative estimate of drug-likeness (QED) is 0.670. The Bertz CT molecular complexity index is 323. The fraction of sp³-hybridized carbons (Fsp3) is 0.625. The second-order valence-electron chi connectivity index (χ2n) is 5.27. The van der Waals surface area contributed by atoms with Crippen LogP contribution in [0.4, 0.5) is 0 Å². The molecule has 1 rings (SSSR count). The number of hydrogen-bond acceptors (Lipinski definition) is 2. The van der Waals surface area contributed by atoms with Crippen molar-refractivity contribution in [1.82, 2.24) is 5.32 Å². The molecule has 18 heavy (non-hydrogen) atoms. The summed E-state index contributed by atoms with van der Waals surface area (Å²) in [6.45, 7) is 9.08. The Labute approximate surface area is 117 Å². The molecule has 0 aliphatic carbocycles. The minimum atomic E-state index is 0.835. The molecule has 2 heteroatoms. The number of rotatable bonds is 9. The third-order valence-electron chi connectivity index (χ3n) is 3.08. The van der Waals surface area contributed by atoms with Crippen LogP contribution in [0.5, 0.6) is 0 Å². The van der Waals surface area contributed by atoms with Crippen molar-refractivity contribution in [2.24, 2.45) is 5.92 Å². The van der Waals surface area contributed by atoms with Crippen molar-refractivity contribution in [3.8, 4) is 0 Å². The predicted molar refractivity (Wildman–Crippen MR) is 84.3 cm³/mol.